The van der Waals surface area contributed by atoms with Crippen molar-refractivity contribution in [2.45, 2.75) is 50.4 Å². The molecule has 0 bridgehead atoms. The van der Waals surface area contributed by atoms with Gasteiger partial charge in [-0.15, -0.1) is 12.4 Å². The summed E-state index contributed by atoms with van der Waals surface area (Å²) in [6.07, 6.45) is 7.10. The summed E-state index contributed by atoms with van der Waals surface area (Å²) in [4.78, 5) is 11.9. The first kappa shape index (κ1) is 19.3. The fourth-order valence-corrected chi connectivity index (χ4v) is 2.87. The standard InChI is InChI=1S/C17H25ClN2O.ClH/c18-15-7-5-6-14(12-15)17(9-10-17)13-20-16(21)8-3-1-2-4-11-19;/h5-7,12H,1-4,8-11,13,19H2,(H,20,21);1H. The third-order valence-electron chi connectivity index (χ3n) is 4.27. The Morgan fingerprint density at radius 1 is 1.23 bits per heavy atom. The van der Waals surface area contributed by atoms with Crippen molar-refractivity contribution >= 4 is 29.9 Å². The molecule has 0 saturated heterocycles. The van der Waals surface area contributed by atoms with E-state index in [0.717, 1.165) is 56.6 Å². The second-order valence-electron chi connectivity index (χ2n) is 6.02. The minimum Gasteiger partial charge on any atom is -0.355 e. The lowest BCUT2D eigenvalue weighted by atomic mass is 9.96. The Morgan fingerprint density at radius 3 is 2.59 bits per heavy atom. The van der Waals surface area contributed by atoms with Gasteiger partial charge in [-0.25, -0.2) is 0 Å². The maximum Gasteiger partial charge on any atom is 0.220 e. The number of nitrogens with two attached hydrogens (primary N) is 1. The zero-order valence-electron chi connectivity index (χ0n) is 12.9. The Labute approximate surface area is 144 Å². The molecular weight excluding hydrogens is 319 g/mol. The fourth-order valence-electron chi connectivity index (χ4n) is 2.68. The van der Waals surface area contributed by atoms with E-state index in [1.165, 1.54) is 5.56 Å². The van der Waals surface area contributed by atoms with Gasteiger partial charge in [-0.2, -0.15) is 0 Å². The van der Waals surface area contributed by atoms with Gasteiger partial charge >= 0.3 is 0 Å². The van der Waals surface area contributed by atoms with E-state index in [0.29, 0.717) is 6.42 Å². The molecule has 0 radical (unpaired) electrons. The second kappa shape index (κ2) is 9.39. The van der Waals surface area contributed by atoms with Crippen LogP contribution in [0.15, 0.2) is 24.3 Å². The van der Waals surface area contributed by atoms with E-state index in [-0.39, 0.29) is 23.7 Å². The molecule has 1 aliphatic carbocycles. The molecular formula is C17H26Cl2N2O. The van der Waals surface area contributed by atoms with Gasteiger partial charge in [0.15, 0.2) is 0 Å². The van der Waals surface area contributed by atoms with E-state index in [2.05, 4.69) is 11.4 Å². The summed E-state index contributed by atoms with van der Waals surface area (Å²) in [6.45, 7) is 1.48. The highest BCUT2D eigenvalue weighted by molar-refractivity contribution is 6.30. The van der Waals surface area contributed by atoms with E-state index < -0.39 is 0 Å². The minimum atomic E-state index is 0. The average molecular weight is 345 g/mol. The normalized spacial score (nSPS) is 15.0. The number of hydrogen-bond acceptors (Lipinski definition) is 2. The zero-order chi connectivity index (χ0) is 15.1. The van der Waals surface area contributed by atoms with Gasteiger partial charge in [0.2, 0.25) is 5.91 Å². The number of carbonyl (C=O) groups is 1. The number of benzene rings is 1. The van der Waals surface area contributed by atoms with Gasteiger partial charge in [0.1, 0.15) is 0 Å². The highest BCUT2D eigenvalue weighted by Crippen LogP contribution is 2.48. The molecule has 1 aromatic rings. The molecule has 2 rings (SSSR count). The summed E-state index contributed by atoms with van der Waals surface area (Å²) in [5.74, 6) is 0.163. The average Bonchev–Trinajstić information content (AvgIpc) is 3.26. The number of hydrogen-bond donors (Lipinski definition) is 2. The molecule has 0 aromatic heterocycles. The Hall–Kier alpha value is -0.770. The predicted molar refractivity (Wildman–Crippen MR) is 94.8 cm³/mol. The summed E-state index contributed by atoms with van der Waals surface area (Å²) in [6, 6.07) is 8.00. The van der Waals surface area contributed by atoms with Crippen LogP contribution in [0, 0.1) is 0 Å². The van der Waals surface area contributed by atoms with Crippen molar-refractivity contribution < 1.29 is 4.79 Å². The van der Waals surface area contributed by atoms with Crippen LogP contribution in [-0.4, -0.2) is 19.0 Å². The number of carbonyl (C=O) groups excluding carboxylic acids is 1. The van der Waals surface area contributed by atoms with E-state index in [1.807, 2.05) is 18.2 Å². The van der Waals surface area contributed by atoms with Gasteiger partial charge in [-0.3, -0.25) is 4.79 Å². The van der Waals surface area contributed by atoms with E-state index >= 15 is 0 Å². The third kappa shape index (κ3) is 5.79. The molecule has 1 fully saturated rings. The lowest BCUT2D eigenvalue weighted by molar-refractivity contribution is -0.121. The number of rotatable bonds is 9. The zero-order valence-corrected chi connectivity index (χ0v) is 14.5. The van der Waals surface area contributed by atoms with Crippen LogP contribution in [0.1, 0.15) is 50.5 Å². The summed E-state index contributed by atoms with van der Waals surface area (Å²) in [5.41, 5.74) is 6.82. The monoisotopic (exact) mass is 344 g/mol. The van der Waals surface area contributed by atoms with Gasteiger partial charge < -0.3 is 11.1 Å². The highest BCUT2D eigenvalue weighted by Gasteiger charge is 2.44. The second-order valence-corrected chi connectivity index (χ2v) is 6.46. The molecule has 3 N–H and O–H groups in total. The third-order valence-corrected chi connectivity index (χ3v) is 4.51. The van der Waals surface area contributed by atoms with Gasteiger partial charge in [-0.1, -0.05) is 36.6 Å². The largest absolute Gasteiger partial charge is 0.355 e. The fraction of sp³-hybridized carbons (Fsp3) is 0.588. The molecule has 3 nitrogen and oxygen atoms in total. The predicted octanol–water partition coefficient (Wildman–Crippen LogP) is 3.82. The van der Waals surface area contributed by atoms with Gasteiger partial charge in [0.25, 0.3) is 0 Å². The molecule has 1 amide bonds. The number of amides is 1. The van der Waals surface area contributed by atoms with Crippen LogP contribution in [0.3, 0.4) is 0 Å². The Morgan fingerprint density at radius 2 is 1.95 bits per heavy atom. The first-order chi connectivity index (χ1) is 10.2. The minimum absolute atomic E-state index is 0. The molecule has 0 aliphatic heterocycles. The Bertz CT molecular complexity index is 475. The van der Waals surface area contributed by atoms with Crippen molar-refractivity contribution in [2.75, 3.05) is 13.1 Å². The van der Waals surface area contributed by atoms with Crippen LogP contribution < -0.4 is 11.1 Å². The quantitative estimate of drug-likeness (QED) is 0.669. The van der Waals surface area contributed by atoms with Crippen LogP contribution >= 0.6 is 24.0 Å². The van der Waals surface area contributed by atoms with Crippen molar-refractivity contribution in [3.05, 3.63) is 34.9 Å². The molecule has 1 saturated carbocycles. The molecule has 1 aromatic carbocycles. The first-order valence-corrected chi connectivity index (χ1v) is 8.27. The number of halogens is 2. The molecule has 0 atom stereocenters. The van der Waals surface area contributed by atoms with Crippen molar-refractivity contribution in [1.82, 2.24) is 5.32 Å². The molecule has 124 valence electrons. The van der Waals surface area contributed by atoms with E-state index in [1.54, 1.807) is 0 Å². The topological polar surface area (TPSA) is 55.1 Å². The molecule has 22 heavy (non-hydrogen) atoms. The van der Waals surface area contributed by atoms with Crippen LogP contribution in [-0.2, 0) is 10.2 Å². The van der Waals surface area contributed by atoms with Crippen molar-refractivity contribution in [2.24, 2.45) is 5.73 Å². The Kier molecular flexibility index (Phi) is 8.23. The smallest absolute Gasteiger partial charge is 0.220 e. The molecule has 0 spiro atoms. The summed E-state index contributed by atoms with van der Waals surface area (Å²) >= 11 is 6.06. The molecule has 1 aliphatic rings. The molecule has 5 heteroatoms. The van der Waals surface area contributed by atoms with Gasteiger partial charge in [-0.05, 0) is 49.9 Å². The number of unbranched alkanes of at least 4 members (excludes halogenated alkanes) is 3. The maximum absolute atomic E-state index is 11.9. The number of nitrogens with one attached hydrogen (secondary N) is 1. The van der Waals surface area contributed by atoms with E-state index in [4.69, 9.17) is 17.3 Å². The van der Waals surface area contributed by atoms with Crippen LogP contribution in [0.4, 0.5) is 0 Å². The van der Waals surface area contributed by atoms with Crippen molar-refractivity contribution in [3.8, 4) is 0 Å². The lowest BCUT2D eigenvalue weighted by Gasteiger charge is -2.17. The first-order valence-electron chi connectivity index (χ1n) is 7.89. The van der Waals surface area contributed by atoms with Crippen molar-refractivity contribution in [3.63, 3.8) is 0 Å². The SMILES string of the molecule is Cl.NCCCCCCC(=O)NCC1(c2cccc(Cl)c2)CC1. The van der Waals surface area contributed by atoms with Gasteiger partial charge in [0, 0.05) is 23.4 Å². The lowest BCUT2D eigenvalue weighted by Crippen LogP contribution is -2.32. The van der Waals surface area contributed by atoms with Gasteiger partial charge in [0.05, 0.1) is 0 Å². The molecule has 0 unspecified atom stereocenters. The van der Waals surface area contributed by atoms with Crippen LogP contribution in [0.5, 0.6) is 0 Å². The summed E-state index contributed by atoms with van der Waals surface area (Å²) in [5, 5.41) is 3.86. The summed E-state index contributed by atoms with van der Waals surface area (Å²) in [7, 11) is 0. The van der Waals surface area contributed by atoms with Crippen LogP contribution in [0.2, 0.25) is 5.02 Å². The summed E-state index contributed by atoms with van der Waals surface area (Å²) < 4.78 is 0. The maximum atomic E-state index is 11.9. The Balaban J connectivity index is 0.00000242. The molecule has 0 heterocycles. The van der Waals surface area contributed by atoms with Crippen LogP contribution in [0.25, 0.3) is 0 Å². The van der Waals surface area contributed by atoms with Crippen molar-refractivity contribution in [1.29, 1.82) is 0 Å². The highest BCUT2D eigenvalue weighted by atomic mass is 35.5. The van der Waals surface area contributed by atoms with E-state index in [9.17, 15) is 4.79 Å².